The van der Waals surface area contributed by atoms with Crippen LogP contribution in [0.3, 0.4) is 0 Å². The van der Waals surface area contributed by atoms with E-state index in [-0.39, 0.29) is 0 Å². The molecule has 0 aromatic rings. The highest BCUT2D eigenvalue weighted by Gasteiger charge is 2.18. The number of aliphatic carboxylic acids is 1. The van der Waals surface area contributed by atoms with Crippen LogP contribution in [0, 0.1) is 0 Å². The molecule has 0 aromatic heterocycles. The van der Waals surface area contributed by atoms with E-state index in [0.29, 0.717) is 0 Å². The number of rotatable bonds is 5. The quantitative estimate of drug-likeness (QED) is 0.330. The third-order valence-corrected chi connectivity index (χ3v) is 1.21. The summed E-state index contributed by atoms with van der Waals surface area (Å²) in [5.41, 5.74) is 4.72. The van der Waals surface area contributed by atoms with Gasteiger partial charge in [-0.05, 0) is 0 Å². The Morgan fingerprint density at radius 2 is 1.93 bits per heavy atom. The number of carbonyl (C=O) groups excluding carboxylic acids is 2. The molecule has 0 spiro atoms. The number of hydrogen-bond donors (Lipinski definition) is 5. The lowest BCUT2D eigenvalue weighted by molar-refractivity contribution is -0.140. The van der Waals surface area contributed by atoms with Crippen molar-refractivity contribution in [1.29, 1.82) is 0 Å². The Balaban J connectivity index is 3.91. The molecule has 0 heterocycles. The van der Waals surface area contributed by atoms with E-state index in [4.69, 9.17) is 15.9 Å². The van der Waals surface area contributed by atoms with E-state index < -0.39 is 37.1 Å². The van der Waals surface area contributed by atoms with Gasteiger partial charge in [0.2, 0.25) is 5.91 Å². The van der Waals surface area contributed by atoms with Gasteiger partial charge >= 0.3 is 12.0 Å². The zero-order valence-corrected chi connectivity index (χ0v) is 7.19. The zero-order valence-electron chi connectivity index (χ0n) is 7.19. The van der Waals surface area contributed by atoms with Gasteiger partial charge in [0.1, 0.15) is 0 Å². The maximum Gasteiger partial charge on any atom is 0.328 e. The van der Waals surface area contributed by atoms with Crippen LogP contribution >= 0.6 is 0 Å². The molecule has 8 nitrogen and oxygen atoms in total. The summed E-state index contributed by atoms with van der Waals surface area (Å²) in [5, 5.41) is 20.8. The molecule has 0 aliphatic rings. The van der Waals surface area contributed by atoms with Gasteiger partial charge in [-0.25, -0.2) is 9.59 Å². The van der Waals surface area contributed by atoms with E-state index >= 15 is 0 Å². The third kappa shape index (κ3) is 4.93. The lowest BCUT2D eigenvalue weighted by Crippen LogP contribution is -2.49. The van der Waals surface area contributed by atoms with E-state index in [1.54, 1.807) is 0 Å². The molecule has 0 aliphatic heterocycles. The molecule has 8 heteroatoms. The molecular weight excluding hydrogens is 194 g/mol. The summed E-state index contributed by atoms with van der Waals surface area (Å²) in [5.74, 6) is -2.13. The Morgan fingerprint density at radius 3 is 2.29 bits per heavy atom. The van der Waals surface area contributed by atoms with Gasteiger partial charge in [-0.2, -0.15) is 0 Å². The molecule has 0 rings (SSSR count). The van der Waals surface area contributed by atoms with Crippen molar-refractivity contribution in [1.82, 2.24) is 10.6 Å². The van der Waals surface area contributed by atoms with E-state index in [9.17, 15) is 14.4 Å². The van der Waals surface area contributed by atoms with Gasteiger partial charge in [0.25, 0.3) is 0 Å². The Hall–Kier alpha value is -1.83. The van der Waals surface area contributed by atoms with Crippen molar-refractivity contribution in [3.8, 4) is 0 Å². The van der Waals surface area contributed by atoms with Crippen molar-refractivity contribution in [3.63, 3.8) is 0 Å². The number of carboxylic acid groups (broad SMARTS) is 1. The second-order valence-corrected chi connectivity index (χ2v) is 2.37. The van der Waals surface area contributed by atoms with Crippen LogP contribution in [0.15, 0.2) is 0 Å². The molecule has 0 aromatic carbocycles. The Bertz CT molecular complexity index is 242. The molecule has 80 valence electrons. The lowest BCUT2D eigenvalue weighted by atomic mass is 10.3. The first-order chi connectivity index (χ1) is 6.47. The summed E-state index contributed by atoms with van der Waals surface area (Å²) in [4.78, 5) is 31.3. The highest BCUT2D eigenvalue weighted by atomic mass is 16.4. The van der Waals surface area contributed by atoms with Gasteiger partial charge in [-0.3, -0.25) is 4.79 Å². The number of nitrogens with two attached hydrogens (primary N) is 1. The number of urea groups is 1. The van der Waals surface area contributed by atoms with Crippen LogP contribution in [0.25, 0.3) is 0 Å². The first-order valence-electron chi connectivity index (χ1n) is 3.63. The van der Waals surface area contributed by atoms with Crippen molar-refractivity contribution in [3.05, 3.63) is 0 Å². The van der Waals surface area contributed by atoms with Crippen molar-refractivity contribution in [2.75, 3.05) is 13.2 Å². The van der Waals surface area contributed by atoms with Crippen molar-refractivity contribution < 1.29 is 24.6 Å². The molecule has 0 saturated carbocycles. The molecule has 0 fully saturated rings. The number of amides is 3. The van der Waals surface area contributed by atoms with E-state index in [2.05, 4.69) is 0 Å². The second-order valence-electron chi connectivity index (χ2n) is 2.37. The van der Waals surface area contributed by atoms with Gasteiger partial charge in [0.05, 0.1) is 13.2 Å². The molecule has 0 bridgehead atoms. The standard InChI is InChI=1S/C6H11N3O5/c7-4(11)1-8-6(14)9-3(2-10)5(12)13/h3,10H,1-2H2,(H2,7,11)(H,12,13)(H2,8,9,14)/t3-/m0/s1. The maximum atomic E-state index is 10.8. The Labute approximate surface area is 79.1 Å². The molecule has 0 aliphatic carbocycles. The van der Waals surface area contributed by atoms with Crippen LogP contribution in [0.4, 0.5) is 4.79 Å². The summed E-state index contributed by atoms with van der Waals surface area (Å²) in [6.45, 7) is -1.14. The topological polar surface area (TPSA) is 142 Å². The first kappa shape index (κ1) is 12.2. The minimum absolute atomic E-state index is 0.399. The minimum atomic E-state index is -1.40. The molecule has 6 N–H and O–H groups in total. The predicted molar refractivity (Wildman–Crippen MR) is 44.2 cm³/mol. The number of aliphatic hydroxyl groups excluding tert-OH is 1. The minimum Gasteiger partial charge on any atom is -0.480 e. The normalized spacial score (nSPS) is 11.5. The summed E-state index contributed by atoms with van der Waals surface area (Å²) >= 11 is 0. The van der Waals surface area contributed by atoms with Gasteiger partial charge in [0, 0.05) is 0 Å². The molecular formula is C6H11N3O5. The Morgan fingerprint density at radius 1 is 1.36 bits per heavy atom. The largest absolute Gasteiger partial charge is 0.480 e. The summed E-state index contributed by atoms with van der Waals surface area (Å²) in [6, 6.07) is -2.28. The fourth-order valence-electron chi connectivity index (χ4n) is 0.562. The Kier molecular flexibility index (Phi) is 5.00. The summed E-state index contributed by atoms with van der Waals surface area (Å²) in [6.07, 6.45) is 0. The molecule has 14 heavy (non-hydrogen) atoms. The third-order valence-electron chi connectivity index (χ3n) is 1.21. The SMILES string of the molecule is NC(=O)CNC(=O)N[C@@H](CO)C(=O)O. The van der Waals surface area contributed by atoms with E-state index in [1.807, 2.05) is 10.6 Å². The average Bonchev–Trinajstić information content (AvgIpc) is 2.10. The maximum absolute atomic E-state index is 10.8. The number of nitrogens with one attached hydrogen (secondary N) is 2. The number of aliphatic hydroxyl groups is 1. The van der Waals surface area contributed by atoms with Crippen LogP contribution < -0.4 is 16.4 Å². The molecule has 0 saturated heterocycles. The molecule has 0 radical (unpaired) electrons. The number of primary amides is 1. The number of carbonyl (C=O) groups is 3. The van der Waals surface area contributed by atoms with Crippen LogP contribution in [0.1, 0.15) is 0 Å². The van der Waals surface area contributed by atoms with Crippen LogP contribution in [-0.2, 0) is 9.59 Å². The highest BCUT2D eigenvalue weighted by Crippen LogP contribution is 1.81. The van der Waals surface area contributed by atoms with Gasteiger partial charge in [-0.15, -0.1) is 0 Å². The lowest BCUT2D eigenvalue weighted by Gasteiger charge is -2.11. The number of hydrogen-bond acceptors (Lipinski definition) is 4. The van der Waals surface area contributed by atoms with E-state index in [1.165, 1.54) is 0 Å². The number of carboxylic acids is 1. The fourth-order valence-corrected chi connectivity index (χ4v) is 0.562. The molecule has 1 atom stereocenters. The van der Waals surface area contributed by atoms with Gasteiger partial charge in [0.15, 0.2) is 6.04 Å². The van der Waals surface area contributed by atoms with Gasteiger partial charge < -0.3 is 26.6 Å². The second kappa shape index (κ2) is 5.75. The highest BCUT2D eigenvalue weighted by molar-refractivity contribution is 5.85. The van der Waals surface area contributed by atoms with Gasteiger partial charge in [-0.1, -0.05) is 0 Å². The van der Waals surface area contributed by atoms with Crippen molar-refractivity contribution >= 4 is 17.9 Å². The van der Waals surface area contributed by atoms with Crippen LogP contribution in [0.2, 0.25) is 0 Å². The van der Waals surface area contributed by atoms with Crippen LogP contribution in [-0.4, -0.2) is 47.3 Å². The predicted octanol–water partition coefficient (Wildman–Crippen LogP) is -2.78. The van der Waals surface area contributed by atoms with Crippen molar-refractivity contribution in [2.45, 2.75) is 6.04 Å². The zero-order chi connectivity index (χ0) is 11.1. The van der Waals surface area contributed by atoms with Crippen LogP contribution in [0.5, 0.6) is 0 Å². The van der Waals surface area contributed by atoms with Crippen molar-refractivity contribution in [2.24, 2.45) is 5.73 Å². The monoisotopic (exact) mass is 205 g/mol. The van der Waals surface area contributed by atoms with E-state index in [0.717, 1.165) is 0 Å². The molecule has 3 amide bonds. The first-order valence-corrected chi connectivity index (χ1v) is 3.63. The smallest absolute Gasteiger partial charge is 0.328 e. The average molecular weight is 205 g/mol. The fraction of sp³-hybridized carbons (Fsp3) is 0.500. The summed E-state index contributed by atoms with van der Waals surface area (Å²) < 4.78 is 0. The summed E-state index contributed by atoms with van der Waals surface area (Å²) in [7, 11) is 0. The molecule has 0 unspecified atom stereocenters.